The van der Waals surface area contributed by atoms with Crippen LogP contribution in [-0.2, 0) is 17.8 Å². The number of nitrogens with zero attached hydrogens (tertiary/aromatic N) is 3. The van der Waals surface area contributed by atoms with E-state index in [1.807, 2.05) is 11.0 Å². The highest BCUT2D eigenvalue weighted by Gasteiger charge is 2.23. The summed E-state index contributed by atoms with van der Waals surface area (Å²) >= 11 is 0. The first kappa shape index (κ1) is 20.5. The Labute approximate surface area is 179 Å². The zero-order chi connectivity index (χ0) is 20.9. The van der Waals surface area contributed by atoms with Crippen LogP contribution in [0.15, 0.2) is 42.5 Å². The fourth-order valence-electron chi connectivity index (χ4n) is 4.40. The number of benzene rings is 2. The van der Waals surface area contributed by atoms with Gasteiger partial charge in [0.1, 0.15) is 0 Å². The van der Waals surface area contributed by atoms with Crippen LogP contribution in [0.1, 0.15) is 17.5 Å². The van der Waals surface area contributed by atoms with Crippen LogP contribution in [0.4, 0.5) is 5.69 Å². The minimum Gasteiger partial charge on any atom is -0.493 e. The molecule has 1 fully saturated rings. The molecule has 0 atom stereocenters. The standard InChI is InChI=1S/C24H31N3O3/c1-29-22-16-19-8-10-25(18-20(19)17-23(22)30-2)11-9-24(28)27-14-12-26(13-15-27)21-6-4-3-5-7-21/h3-7,16-17H,8-15,18H2,1-2H3. The molecule has 0 saturated carbocycles. The second-order valence-electron chi connectivity index (χ2n) is 7.96. The lowest BCUT2D eigenvalue weighted by Gasteiger charge is -2.36. The van der Waals surface area contributed by atoms with Crippen molar-refractivity contribution in [3.8, 4) is 11.5 Å². The van der Waals surface area contributed by atoms with E-state index in [1.165, 1.54) is 16.8 Å². The van der Waals surface area contributed by atoms with E-state index in [0.717, 1.165) is 63.7 Å². The maximum atomic E-state index is 12.8. The molecule has 2 heterocycles. The summed E-state index contributed by atoms with van der Waals surface area (Å²) in [7, 11) is 3.34. The molecular weight excluding hydrogens is 378 g/mol. The number of carbonyl (C=O) groups is 1. The minimum atomic E-state index is 0.265. The number of hydrogen-bond acceptors (Lipinski definition) is 5. The van der Waals surface area contributed by atoms with E-state index >= 15 is 0 Å². The molecule has 0 radical (unpaired) electrons. The number of rotatable bonds is 6. The van der Waals surface area contributed by atoms with Crippen molar-refractivity contribution in [1.29, 1.82) is 0 Å². The quantitative estimate of drug-likeness (QED) is 0.734. The number of anilines is 1. The van der Waals surface area contributed by atoms with E-state index in [2.05, 4.69) is 46.2 Å². The lowest BCUT2D eigenvalue weighted by molar-refractivity contribution is -0.131. The molecule has 4 rings (SSSR count). The van der Waals surface area contributed by atoms with Gasteiger partial charge in [-0.05, 0) is 41.8 Å². The largest absolute Gasteiger partial charge is 0.493 e. The molecule has 1 amide bonds. The van der Waals surface area contributed by atoms with Gasteiger partial charge in [0.05, 0.1) is 14.2 Å². The Bertz CT molecular complexity index is 863. The molecule has 160 valence electrons. The summed E-state index contributed by atoms with van der Waals surface area (Å²) in [5.41, 5.74) is 3.82. The highest BCUT2D eigenvalue weighted by molar-refractivity contribution is 5.76. The van der Waals surface area contributed by atoms with Gasteiger partial charge in [0.15, 0.2) is 11.5 Å². The van der Waals surface area contributed by atoms with Gasteiger partial charge in [0.2, 0.25) is 5.91 Å². The highest BCUT2D eigenvalue weighted by atomic mass is 16.5. The summed E-state index contributed by atoms with van der Waals surface area (Å²) in [4.78, 5) is 19.5. The Balaban J connectivity index is 1.27. The monoisotopic (exact) mass is 409 g/mol. The SMILES string of the molecule is COc1cc2c(cc1OC)CN(CCC(=O)N1CCN(c3ccccc3)CC1)CC2. The fraction of sp³-hybridized carbons (Fsp3) is 0.458. The Kier molecular flexibility index (Phi) is 6.43. The lowest BCUT2D eigenvalue weighted by Crippen LogP contribution is -2.49. The number of hydrogen-bond donors (Lipinski definition) is 0. The van der Waals surface area contributed by atoms with Crippen molar-refractivity contribution in [2.45, 2.75) is 19.4 Å². The number of ether oxygens (including phenoxy) is 2. The van der Waals surface area contributed by atoms with Crippen molar-refractivity contribution < 1.29 is 14.3 Å². The van der Waals surface area contributed by atoms with Crippen LogP contribution in [0.25, 0.3) is 0 Å². The molecule has 0 bridgehead atoms. The van der Waals surface area contributed by atoms with Crippen LogP contribution in [0.3, 0.4) is 0 Å². The van der Waals surface area contributed by atoms with Gasteiger partial charge in [-0.2, -0.15) is 0 Å². The number of carbonyl (C=O) groups excluding carboxylic acids is 1. The molecule has 1 saturated heterocycles. The molecule has 2 aliphatic heterocycles. The van der Waals surface area contributed by atoms with E-state index in [1.54, 1.807) is 14.2 Å². The second kappa shape index (κ2) is 9.39. The predicted molar refractivity (Wildman–Crippen MR) is 118 cm³/mol. The van der Waals surface area contributed by atoms with E-state index in [4.69, 9.17) is 9.47 Å². The van der Waals surface area contributed by atoms with Crippen LogP contribution < -0.4 is 14.4 Å². The number of methoxy groups -OCH3 is 2. The lowest BCUT2D eigenvalue weighted by atomic mass is 9.98. The van der Waals surface area contributed by atoms with Crippen molar-refractivity contribution >= 4 is 11.6 Å². The van der Waals surface area contributed by atoms with Gasteiger partial charge >= 0.3 is 0 Å². The first-order valence-electron chi connectivity index (χ1n) is 10.7. The van der Waals surface area contributed by atoms with Gasteiger partial charge in [-0.3, -0.25) is 9.69 Å². The van der Waals surface area contributed by atoms with E-state index in [9.17, 15) is 4.79 Å². The number of para-hydroxylation sites is 1. The van der Waals surface area contributed by atoms with Gasteiger partial charge in [-0.25, -0.2) is 0 Å². The molecule has 2 aromatic carbocycles. The van der Waals surface area contributed by atoms with Crippen molar-refractivity contribution in [3.63, 3.8) is 0 Å². The first-order valence-corrected chi connectivity index (χ1v) is 10.7. The Morgan fingerprint density at radius 2 is 1.57 bits per heavy atom. The predicted octanol–water partition coefficient (Wildman–Crippen LogP) is 2.80. The summed E-state index contributed by atoms with van der Waals surface area (Å²) in [5, 5.41) is 0. The van der Waals surface area contributed by atoms with Gasteiger partial charge in [0, 0.05) is 57.9 Å². The van der Waals surface area contributed by atoms with Crippen LogP contribution in [-0.4, -0.2) is 69.2 Å². The molecule has 0 spiro atoms. The van der Waals surface area contributed by atoms with Crippen LogP contribution in [0.5, 0.6) is 11.5 Å². The molecule has 0 unspecified atom stereocenters. The molecule has 6 heteroatoms. The molecular formula is C24H31N3O3. The molecule has 6 nitrogen and oxygen atoms in total. The third-order valence-electron chi connectivity index (χ3n) is 6.19. The highest BCUT2D eigenvalue weighted by Crippen LogP contribution is 2.33. The topological polar surface area (TPSA) is 45.3 Å². The number of amides is 1. The van der Waals surface area contributed by atoms with Crippen molar-refractivity contribution in [2.24, 2.45) is 0 Å². The molecule has 0 aliphatic carbocycles. The van der Waals surface area contributed by atoms with E-state index in [0.29, 0.717) is 6.42 Å². The summed E-state index contributed by atoms with van der Waals surface area (Å²) in [6, 6.07) is 14.6. The van der Waals surface area contributed by atoms with Crippen LogP contribution >= 0.6 is 0 Å². The minimum absolute atomic E-state index is 0.265. The maximum Gasteiger partial charge on any atom is 0.223 e. The van der Waals surface area contributed by atoms with Gasteiger partial charge < -0.3 is 19.3 Å². The van der Waals surface area contributed by atoms with Crippen LogP contribution in [0, 0.1) is 0 Å². The van der Waals surface area contributed by atoms with E-state index < -0.39 is 0 Å². The Morgan fingerprint density at radius 1 is 0.900 bits per heavy atom. The second-order valence-corrected chi connectivity index (χ2v) is 7.96. The smallest absolute Gasteiger partial charge is 0.223 e. The third kappa shape index (κ3) is 4.54. The third-order valence-corrected chi connectivity index (χ3v) is 6.19. The van der Waals surface area contributed by atoms with Crippen LogP contribution in [0.2, 0.25) is 0 Å². The number of fused-ring (bicyclic) bond motifs is 1. The van der Waals surface area contributed by atoms with E-state index in [-0.39, 0.29) is 5.91 Å². The summed E-state index contributed by atoms with van der Waals surface area (Å²) < 4.78 is 10.9. The normalized spacial score (nSPS) is 16.9. The van der Waals surface area contributed by atoms with Gasteiger partial charge in [-0.15, -0.1) is 0 Å². The zero-order valence-electron chi connectivity index (χ0n) is 18.0. The maximum absolute atomic E-state index is 12.8. The van der Waals surface area contributed by atoms with Gasteiger partial charge in [0.25, 0.3) is 0 Å². The molecule has 2 aromatic rings. The first-order chi connectivity index (χ1) is 14.7. The Hall–Kier alpha value is -2.73. The Morgan fingerprint density at radius 3 is 2.23 bits per heavy atom. The molecule has 0 N–H and O–H groups in total. The summed E-state index contributed by atoms with van der Waals surface area (Å²) in [6.07, 6.45) is 1.55. The van der Waals surface area contributed by atoms with Crippen molar-refractivity contribution in [1.82, 2.24) is 9.80 Å². The zero-order valence-corrected chi connectivity index (χ0v) is 18.0. The average molecular weight is 410 g/mol. The summed E-state index contributed by atoms with van der Waals surface area (Å²) in [5.74, 6) is 1.82. The molecule has 30 heavy (non-hydrogen) atoms. The average Bonchev–Trinajstić information content (AvgIpc) is 2.82. The van der Waals surface area contributed by atoms with Crippen molar-refractivity contribution in [3.05, 3.63) is 53.6 Å². The fourth-order valence-corrected chi connectivity index (χ4v) is 4.40. The van der Waals surface area contributed by atoms with Crippen molar-refractivity contribution in [2.75, 3.05) is 58.4 Å². The molecule has 0 aromatic heterocycles. The summed E-state index contributed by atoms with van der Waals surface area (Å²) in [6.45, 7) is 6.01. The molecule has 2 aliphatic rings. The van der Waals surface area contributed by atoms with Gasteiger partial charge in [-0.1, -0.05) is 18.2 Å². The number of piperazine rings is 1.